The number of aryl methyl sites for hydroxylation is 2. The van der Waals surface area contributed by atoms with Crippen LogP contribution in [0.1, 0.15) is 11.1 Å². The molecule has 0 radical (unpaired) electrons. The molecule has 0 spiro atoms. The molecule has 0 atom stereocenters. The fraction of sp³-hybridized carbons (Fsp3) is 0.250. The normalized spacial score (nSPS) is 13.7. The summed E-state index contributed by atoms with van der Waals surface area (Å²) in [5.74, 6) is 1.04. The molecule has 1 heterocycles. The fourth-order valence-electron chi connectivity index (χ4n) is 2.38. The number of ether oxygens (including phenoxy) is 2. The Bertz CT molecular complexity index is 815. The minimum Gasteiger partial charge on any atom is -0.486 e. The van der Waals surface area contributed by atoms with Crippen LogP contribution in [0.2, 0.25) is 0 Å². The van der Waals surface area contributed by atoms with Crippen LogP contribution < -0.4 is 14.2 Å². The molecule has 0 bridgehead atoms. The second-order valence-corrected chi connectivity index (χ2v) is 6.89. The molecule has 0 aromatic heterocycles. The fourth-order valence-corrected chi connectivity index (χ4v) is 3.67. The van der Waals surface area contributed by atoms with Gasteiger partial charge in [-0.25, -0.2) is 8.42 Å². The first-order valence-electron chi connectivity index (χ1n) is 6.95. The van der Waals surface area contributed by atoms with Crippen molar-refractivity contribution in [3.63, 3.8) is 0 Å². The van der Waals surface area contributed by atoms with Crippen molar-refractivity contribution in [2.75, 3.05) is 17.9 Å². The Balaban J connectivity index is 1.98. The number of nitrogens with one attached hydrogen (secondary N) is 1. The van der Waals surface area contributed by atoms with Crippen molar-refractivity contribution >= 4 is 15.7 Å². The van der Waals surface area contributed by atoms with E-state index in [0.29, 0.717) is 36.0 Å². The maximum atomic E-state index is 12.6. The van der Waals surface area contributed by atoms with Gasteiger partial charge in [0.1, 0.15) is 13.2 Å². The first kappa shape index (κ1) is 14.7. The standard InChI is InChI=1S/C16H17NO4S/c1-11-4-3-5-13(8-11)17-22(18,19)16-10-15-14(9-12(16)2)20-6-7-21-15/h3-5,8-10,17H,6-7H2,1-2H3. The van der Waals surface area contributed by atoms with E-state index < -0.39 is 10.0 Å². The molecule has 0 aliphatic carbocycles. The smallest absolute Gasteiger partial charge is 0.262 e. The summed E-state index contributed by atoms with van der Waals surface area (Å²) in [6, 6.07) is 10.4. The summed E-state index contributed by atoms with van der Waals surface area (Å²) in [7, 11) is -3.68. The van der Waals surface area contributed by atoms with Crippen molar-refractivity contribution in [3.8, 4) is 11.5 Å². The van der Waals surface area contributed by atoms with Crippen LogP contribution in [0, 0.1) is 13.8 Å². The van der Waals surface area contributed by atoms with Gasteiger partial charge in [-0.3, -0.25) is 4.72 Å². The first-order chi connectivity index (χ1) is 10.5. The van der Waals surface area contributed by atoms with Crippen LogP contribution in [0.3, 0.4) is 0 Å². The molecule has 2 aromatic carbocycles. The molecule has 1 aliphatic rings. The molecule has 0 saturated carbocycles. The zero-order valence-electron chi connectivity index (χ0n) is 12.4. The van der Waals surface area contributed by atoms with Crippen LogP contribution in [0.4, 0.5) is 5.69 Å². The van der Waals surface area contributed by atoms with Crippen molar-refractivity contribution in [3.05, 3.63) is 47.5 Å². The van der Waals surface area contributed by atoms with E-state index in [1.54, 1.807) is 25.1 Å². The number of hydrogen-bond donors (Lipinski definition) is 1. The molecule has 1 N–H and O–H groups in total. The van der Waals surface area contributed by atoms with Crippen LogP contribution in [0.15, 0.2) is 41.3 Å². The van der Waals surface area contributed by atoms with E-state index >= 15 is 0 Å². The number of anilines is 1. The summed E-state index contributed by atoms with van der Waals surface area (Å²) in [5.41, 5.74) is 2.14. The maximum absolute atomic E-state index is 12.6. The van der Waals surface area contributed by atoms with Gasteiger partial charge in [-0.15, -0.1) is 0 Å². The van der Waals surface area contributed by atoms with Crippen molar-refractivity contribution < 1.29 is 17.9 Å². The average Bonchev–Trinajstić information content (AvgIpc) is 2.46. The highest BCUT2D eigenvalue weighted by Gasteiger charge is 2.22. The van der Waals surface area contributed by atoms with Gasteiger partial charge >= 0.3 is 0 Å². The lowest BCUT2D eigenvalue weighted by molar-refractivity contribution is 0.171. The highest BCUT2D eigenvalue weighted by Crippen LogP contribution is 2.35. The summed E-state index contributed by atoms with van der Waals surface area (Å²) < 4.78 is 38.8. The third-order valence-corrected chi connectivity index (χ3v) is 4.92. The zero-order chi connectivity index (χ0) is 15.7. The van der Waals surface area contributed by atoms with Gasteiger partial charge in [-0.05, 0) is 43.2 Å². The first-order valence-corrected chi connectivity index (χ1v) is 8.44. The maximum Gasteiger partial charge on any atom is 0.262 e. The van der Waals surface area contributed by atoms with E-state index in [4.69, 9.17) is 9.47 Å². The van der Waals surface area contributed by atoms with Gasteiger partial charge in [-0.2, -0.15) is 0 Å². The van der Waals surface area contributed by atoms with E-state index in [9.17, 15) is 8.42 Å². The lowest BCUT2D eigenvalue weighted by Crippen LogP contribution is -2.18. The Morgan fingerprint density at radius 3 is 2.36 bits per heavy atom. The van der Waals surface area contributed by atoms with Gasteiger partial charge < -0.3 is 9.47 Å². The summed E-state index contributed by atoms with van der Waals surface area (Å²) >= 11 is 0. The quantitative estimate of drug-likeness (QED) is 0.945. The highest BCUT2D eigenvalue weighted by atomic mass is 32.2. The Labute approximate surface area is 129 Å². The Morgan fingerprint density at radius 1 is 1.00 bits per heavy atom. The van der Waals surface area contributed by atoms with Crippen LogP contribution in [-0.4, -0.2) is 21.6 Å². The molecular formula is C16H17NO4S. The van der Waals surface area contributed by atoms with E-state index in [0.717, 1.165) is 5.56 Å². The molecular weight excluding hydrogens is 302 g/mol. The summed E-state index contributed by atoms with van der Waals surface area (Å²) in [6.45, 7) is 4.54. The Morgan fingerprint density at radius 2 is 1.68 bits per heavy atom. The molecule has 5 nitrogen and oxygen atoms in total. The minimum absolute atomic E-state index is 0.193. The molecule has 6 heteroatoms. The second-order valence-electron chi connectivity index (χ2n) is 5.24. The third kappa shape index (κ3) is 2.87. The molecule has 2 aromatic rings. The monoisotopic (exact) mass is 319 g/mol. The summed E-state index contributed by atoms with van der Waals surface area (Å²) in [5, 5.41) is 0. The van der Waals surface area contributed by atoms with Crippen LogP contribution in [-0.2, 0) is 10.0 Å². The highest BCUT2D eigenvalue weighted by molar-refractivity contribution is 7.92. The molecule has 1 aliphatic heterocycles. The van der Waals surface area contributed by atoms with Gasteiger partial charge in [-0.1, -0.05) is 12.1 Å². The molecule has 0 unspecified atom stereocenters. The Kier molecular flexibility index (Phi) is 3.70. The number of rotatable bonds is 3. The molecule has 116 valence electrons. The number of sulfonamides is 1. The molecule has 0 amide bonds. The number of benzene rings is 2. The van der Waals surface area contributed by atoms with Gasteiger partial charge in [0.25, 0.3) is 10.0 Å². The summed E-state index contributed by atoms with van der Waals surface area (Å²) in [4.78, 5) is 0.193. The van der Waals surface area contributed by atoms with Crippen LogP contribution in [0.25, 0.3) is 0 Å². The predicted octanol–water partition coefficient (Wildman–Crippen LogP) is 2.88. The Hall–Kier alpha value is -2.21. The van der Waals surface area contributed by atoms with E-state index in [2.05, 4.69) is 4.72 Å². The number of fused-ring (bicyclic) bond motifs is 1. The van der Waals surface area contributed by atoms with E-state index in [-0.39, 0.29) is 4.90 Å². The van der Waals surface area contributed by atoms with Crippen molar-refractivity contribution in [1.82, 2.24) is 0 Å². The number of hydrogen-bond acceptors (Lipinski definition) is 4. The molecule has 3 rings (SSSR count). The largest absolute Gasteiger partial charge is 0.486 e. The minimum atomic E-state index is -3.68. The van der Waals surface area contributed by atoms with Gasteiger partial charge in [0, 0.05) is 11.8 Å². The average molecular weight is 319 g/mol. The van der Waals surface area contributed by atoms with Crippen LogP contribution in [0.5, 0.6) is 11.5 Å². The summed E-state index contributed by atoms with van der Waals surface area (Å²) in [6.07, 6.45) is 0. The van der Waals surface area contributed by atoms with Crippen molar-refractivity contribution in [1.29, 1.82) is 0 Å². The van der Waals surface area contributed by atoms with Crippen LogP contribution >= 0.6 is 0 Å². The SMILES string of the molecule is Cc1cccc(NS(=O)(=O)c2cc3c(cc2C)OCCO3)c1. The third-order valence-electron chi connectivity index (χ3n) is 3.40. The van der Waals surface area contributed by atoms with E-state index in [1.165, 1.54) is 6.07 Å². The molecule has 22 heavy (non-hydrogen) atoms. The van der Waals surface area contributed by atoms with Gasteiger partial charge in [0.05, 0.1) is 4.90 Å². The molecule has 0 saturated heterocycles. The zero-order valence-corrected chi connectivity index (χ0v) is 13.2. The second kappa shape index (κ2) is 5.53. The lowest BCUT2D eigenvalue weighted by Gasteiger charge is -2.20. The lowest BCUT2D eigenvalue weighted by atomic mass is 10.2. The van der Waals surface area contributed by atoms with Crippen molar-refractivity contribution in [2.45, 2.75) is 18.7 Å². The van der Waals surface area contributed by atoms with Gasteiger partial charge in [0.15, 0.2) is 11.5 Å². The van der Waals surface area contributed by atoms with Crippen molar-refractivity contribution in [2.24, 2.45) is 0 Å². The van der Waals surface area contributed by atoms with E-state index in [1.807, 2.05) is 19.1 Å². The van der Waals surface area contributed by atoms with Gasteiger partial charge in [0.2, 0.25) is 0 Å². The molecule has 0 fully saturated rings. The predicted molar refractivity (Wildman–Crippen MR) is 84.2 cm³/mol. The topological polar surface area (TPSA) is 64.6 Å².